The van der Waals surface area contributed by atoms with Crippen LogP contribution >= 0.6 is 15.9 Å². The molecule has 27 heavy (non-hydrogen) atoms. The number of nitrogens with zero attached hydrogens (tertiary/aromatic N) is 1. The van der Waals surface area contributed by atoms with Crippen molar-refractivity contribution in [3.05, 3.63) is 64.4 Å². The molecule has 1 atom stereocenters. The fourth-order valence-corrected chi connectivity index (χ4v) is 3.95. The Morgan fingerprint density at radius 2 is 1.85 bits per heavy atom. The van der Waals surface area contributed by atoms with E-state index in [-0.39, 0.29) is 17.6 Å². The summed E-state index contributed by atoms with van der Waals surface area (Å²) in [7, 11) is 0. The number of hydrogen-bond acceptors (Lipinski definition) is 4. The van der Waals surface area contributed by atoms with Gasteiger partial charge in [0.25, 0.3) is 0 Å². The van der Waals surface area contributed by atoms with Crippen LogP contribution in [0.1, 0.15) is 22.0 Å². The minimum Gasteiger partial charge on any atom is -0.508 e. The van der Waals surface area contributed by atoms with E-state index in [4.69, 9.17) is 0 Å². The van der Waals surface area contributed by atoms with E-state index in [9.17, 15) is 9.90 Å². The summed E-state index contributed by atoms with van der Waals surface area (Å²) in [5, 5.41) is 14.7. The molecule has 5 rings (SSSR count). The average molecular weight is 423 g/mol. The van der Waals surface area contributed by atoms with Crippen molar-refractivity contribution in [2.45, 2.75) is 6.04 Å². The van der Waals surface area contributed by atoms with Gasteiger partial charge in [-0.25, -0.2) is 0 Å². The highest BCUT2D eigenvalue weighted by Gasteiger charge is 2.27. The number of Topliss-reactive ketones (excluding diaryl/α,β-unsaturated/α-hetero) is 1. The standard InChI is InChI=1S/C20H15BrN4O2/c21-10-1-3-12-14(7-22-16(12)5-10)18-9-24-20(25-18)19(27)15-8-23-17-6-11(26)2-4-13(15)17/h1-8,18,22-23,26H,9H2,(H,24,25)/t18-/m0/s1. The van der Waals surface area contributed by atoms with Crippen molar-refractivity contribution in [3.8, 4) is 5.75 Å². The molecule has 0 radical (unpaired) electrons. The summed E-state index contributed by atoms with van der Waals surface area (Å²) in [6.07, 6.45) is 3.62. The molecule has 2 aromatic carbocycles. The van der Waals surface area contributed by atoms with E-state index in [1.807, 2.05) is 18.3 Å². The SMILES string of the molecule is O=C(C1=NC[C@@H](c2c[nH]c3cc(Br)ccc23)N1)c1c[nH]c2cc(O)ccc12. The summed E-state index contributed by atoms with van der Waals surface area (Å²) in [5.74, 6) is 0.364. The van der Waals surface area contributed by atoms with Crippen molar-refractivity contribution in [2.75, 3.05) is 6.54 Å². The lowest BCUT2D eigenvalue weighted by molar-refractivity contribution is 0.106. The lowest BCUT2D eigenvalue weighted by Crippen LogP contribution is -2.29. The molecule has 6 nitrogen and oxygen atoms in total. The highest BCUT2D eigenvalue weighted by Crippen LogP contribution is 2.29. The van der Waals surface area contributed by atoms with Gasteiger partial charge in [-0.1, -0.05) is 22.0 Å². The molecule has 1 aliphatic heterocycles. The molecule has 4 aromatic rings. The molecule has 0 saturated heterocycles. The van der Waals surface area contributed by atoms with Crippen LogP contribution in [0.2, 0.25) is 0 Å². The number of rotatable bonds is 3. The minimum absolute atomic E-state index is 0.0480. The van der Waals surface area contributed by atoms with Gasteiger partial charge < -0.3 is 20.4 Å². The maximum absolute atomic E-state index is 12.9. The molecule has 1 aliphatic rings. The number of amidine groups is 1. The van der Waals surface area contributed by atoms with Crippen molar-refractivity contribution in [2.24, 2.45) is 4.99 Å². The van der Waals surface area contributed by atoms with E-state index >= 15 is 0 Å². The van der Waals surface area contributed by atoms with Crippen molar-refractivity contribution < 1.29 is 9.90 Å². The minimum atomic E-state index is -0.156. The Bertz CT molecular complexity index is 1240. The third-order valence-corrected chi connectivity index (χ3v) is 5.41. The number of nitrogens with one attached hydrogen (secondary N) is 3. The quantitative estimate of drug-likeness (QED) is 0.375. The predicted molar refractivity (Wildman–Crippen MR) is 108 cm³/mol. The van der Waals surface area contributed by atoms with Gasteiger partial charge in [-0.3, -0.25) is 9.79 Å². The van der Waals surface area contributed by atoms with E-state index < -0.39 is 0 Å². The summed E-state index contributed by atoms with van der Waals surface area (Å²) >= 11 is 3.48. The summed E-state index contributed by atoms with van der Waals surface area (Å²) in [6, 6.07) is 10.9. The van der Waals surface area contributed by atoms with E-state index in [0.717, 1.165) is 31.8 Å². The number of aromatic amines is 2. The van der Waals surface area contributed by atoms with Crippen LogP contribution in [0.4, 0.5) is 0 Å². The molecule has 2 aromatic heterocycles. The second-order valence-electron chi connectivity index (χ2n) is 6.58. The molecule has 4 N–H and O–H groups in total. The molecule has 0 spiro atoms. The molecule has 3 heterocycles. The smallest absolute Gasteiger partial charge is 0.229 e. The summed E-state index contributed by atoms with van der Waals surface area (Å²) in [4.78, 5) is 23.7. The molecule has 7 heteroatoms. The third-order valence-electron chi connectivity index (χ3n) is 4.92. The maximum Gasteiger partial charge on any atom is 0.229 e. The van der Waals surface area contributed by atoms with Crippen molar-refractivity contribution >= 4 is 49.4 Å². The van der Waals surface area contributed by atoms with Gasteiger partial charge in [0.2, 0.25) is 5.78 Å². The van der Waals surface area contributed by atoms with Crippen LogP contribution < -0.4 is 5.32 Å². The molecule has 0 fully saturated rings. The van der Waals surface area contributed by atoms with Gasteiger partial charge in [0.05, 0.1) is 18.2 Å². The van der Waals surface area contributed by atoms with E-state index in [2.05, 4.69) is 42.3 Å². The highest BCUT2D eigenvalue weighted by molar-refractivity contribution is 9.10. The van der Waals surface area contributed by atoms with Gasteiger partial charge in [0.15, 0.2) is 5.84 Å². The zero-order valence-electron chi connectivity index (χ0n) is 14.1. The van der Waals surface area contributed by atoms with Crippen LogP contribution in [0.15, 0.2) is 58.3 Å². The summed E-state index contributed by atoms with van der Waals surface area (Å²) in [6.45, 7) is 0.507. The molecule has 134 valence electrons. The summed E-state index contributed by atoms with van der Waals surface area (Å²) in [5.41, 5.74) is 3.39. The molecule has 0 amide bonds. The zero-order chi connectivity index (χ0) is 18.5. The normalized spacial score (nSPS) is 16.6. The number of hydrogen-bond donors (Lipinski definition) is 4. The van der Waals surface area contributed by atoms with Crippen LogP contribution in [0.25, 0.3) is 21.8 Å². The van der Waals surface area contributed by atoms with E-state index in [0.29, 0.717) is 17.9 Å². The van der Waals surface area contributed by atoms with E-state index in [1.54, 1.807) is 24.4 Å². The average Bonchev–Trinajstić information content (AvgIpc) is 3.37. The number of ketones is 1. The molecule has 0 saturated carbocycles. The topological polar surface area (TPSA) is 93.3 Å². The number of halogens is 1. The Hall–Kier alpha value is -3.06. The van der Waals surface area contributed by atoms with Crippen molar-refractivity contribution in [1.82, 2.24) is 15.3 Å². The molecule has 0 aliphatic carbocycles. The fraction of sp³-hybridized carbons (Fsp3) is 0.100. The molecular weight excluding hydrogens is 408 g/mol. The number of aliphatic imine (C=N–C) groups is 1. The summed E-state index contributed by atoms with van der Waals surface area (Å²) < 4.78 is 1.01. The van der Waals surface area contributed by atoms with E-state index in [1.165, 1.54) is 0 Å². The number of phenols is 1. The van der Waals surface area contributed by atoms with Crippen molar-refractivity contribution in [1.29, 1.82) is 0 Å². The Morgan fingerprint density at radius 3 is 2.74 bits per heavy atom. The first-order valence-corrected chi connectivity index (χ1v) is 9.32. The van der Waals surface area contributed by atoms with Gasteiger partial charge in [0.1, 0.15) is 5.75 Å². The van der Waals surface area contributed by atoms with Gasteiger partial charge in [-0.05, 0) is 24.3 Å². The Morgan fingerprint density at radius 1 is 1.07 bits per heavy atom. The van der Waals surface area contributed by atoms with Crippen LogP contribution in [0.5, 0.6) is 5.75 Å². The third kappa shape index (κ3) is 2.62. The predicted octanol–water partition coefficient (Wildman–Crippen LogP) is 4.04. The van der Waals surface area contributed by atoms with Crippen LogP contribution in [0.3, 0.4) is 0 Å². The maximum atomic E-state index is 12.9. The molecular formula is C20H15BrN4O2. The number of H-pyrrole nitrogens is 2. The first-order valence-electron chi connectivity index (χ1n) is 8.52. The number of phenolic OH excluding ortho intramolecular Hbond substituents is 1. The van der Waals surface area contributed by atoms with Gasteiger partial charge >= 0.3 is 0 Å². The van der Waals surface area contributed by atoms with Gasteiger partial charge in [0, 0.05) is 50.3 Å². The first-order chi connectivity index (χ1) is 13.1. The first kappa shape index (κ1) is 16.1. The van der Waals surface area contributed by atoms with Gasteiger partial charge in [-0.2, -0.15) is 0 Å². The fourth-order valence-electron chi connectivity index (χ4n) is 3.59. The second-order valence-corrected chi connectivity index (χ2v) is 7.50. The zero-order valence-corrected chi connectivity index (χ0v) is 15.7. The Balaban J connectivity index is 1.43. The Kier molecular flexibility index (Phi) is 3.58. The molecule has 0 unspecified atom stereocenters. The number of carbonyl (C=O) groups excluding carboxylic acids is 1. The molecule has 0 bridgehead atoms. The monoisotopic (exact) mass is 422 g/mol. The number of fused-ring (bicyclic) bond motifs is 2. The number of aromatic hydroxyl groups is 1. The lowest BCUT2D eigenvalue weighted by Gasteiger charge is -2.10. The largest absolute Gasteiger partial charge is 0.508 e. The highest BCUT2D eigenvalue weighted by atomic mass is 79.9. The lowest BCUT2D eigenvalue weighted by atomic mass is 10.1. The van der Waals surface area contributed by atoms with Crippen molar-refractivity contribution in [3.63, 3.8) is 0 Å². The number of aromatic nitrogens is 2. The van der Waals surface area contributed by atoms with Crippen LogP contribution in [-0.2, 0) is 0 Å². The number of carbonyl (C=O) groups is 1. The van der Waals surface area contributed by atoms with Gasteiger partial charge in [-0.15, -0.1) is 0 Å². The Labute approximate surface area is 162 Å². The van der Waals surface area contributed by atoms with Crippen LogP contribution in [0, 0.1) is 0 Å². The number of benzene rings is 2. The van der Waals surface area contributed by atoms with Crippen LogP contribution in [-0.4, -0.2) is 33.2 Å². The second kappa shape index (κ2) is 5.99.